The molecule has 0 unspecified atom stereocenters. The minimum atomic E-state index is -4.38. The molecule has 1 aromatic carbocycles. The molecule has 0 saturated heterocycles. The highest BCUT2D eigenvalue weighted by atomic mass is 32.1. The van der Waals surface area contributed by atoms with Crippen LogP contribution in [0.3, 0.4) is 0 Å². The van der Waals surface area contributed by atoms with E-state index in [9.17, 15) is 13.2 Å². The van der Waals surface area contributed by atoms with Crippen LogP contribution in [0.4, 0.5) is 13.2 Å². The van der Waals surface area contributed by atoms with Crippen molar-refractivity contribution in [1.82, 2.24) is 21.5 Å². The van der Waals surface area contributed by atoms with E-state index in [2.05, 4.69) is 39.0 Å². The molecular weight excluding hydrogens is 417 g/mol. The van der Waals surface area contributed by atoms with Crippen LogP contribution in [0.1, 0.15) is 19.4 Å². The number of halogens is 3. The van der Waals surface area contributed by atoms with Gasteiger partial charge in [0.2, 0.25) is 0 Å². The molecule has 0 saturated carbocycles. The predicted octanol–water partition coefficient (Wildman–Crippen LogP) is 2.57. The summed E-state index contributed by atoms with van der Waals surface area (Å²) in [5, 5.41) is 13.2. The highest BCUT2D eigenvalue weighted by Gasteiger charge is 2.27. The van der Waals surface area contributed by atoms with E-state index in [1.165, 1.54) is 0 Å². The Labute approximate surface area is 171 Å². The molecule has 0 bridgehead atoms. The van der Waals surface area contributed by atoms with Gasteiger partial charge in [0, 0.05) is 17.0 Å². The second-order valence-electron chi connectivity index (χ2n) is 5.09. The number of benzene rings is 1. The second-order valence-corrected chi connectivity index (χ2v) is 6.42. The molecule has 0 aliphatic heterocycles. The number of hydrazone groups is 2. The van der Waals surface area contributed by atoms with E-state index in [-0.39, 0.29) is 5.11 Å². The summed E-state index contributed by atoms with van der Waals surface area (Å²) in [6, 6.07) is 6.99. The number of alkyl halides is 3. The summed E-state index contributed by atoms with van der Waals surface area (Å²) in [6.07, 6.45) is -4.38. The normalized spacial score (nSPS) is 12.4. The Morgan fingerprint density at radius 3 is 2.15 bits per heavy atom. The van der Waals surface area contributed by atoms with Crippen molar-refractivity contribution in [2.75, 3.05) is 13.1 Å². The Kier molecular flexibility index (Phi) is 9.46. The molecule has 0 heterocycles. The van der Waals surface area contributed by atoms with Crippen LogP contribution in [0.15, 0.2) is 39.4 Å². The van der Waals surface area contributed by atoms with E-state index < -0.39 is 12.7 Å². The Bertz CT molecular complexity index is 717. The Balaban J connectivity index is 2.97. The smallest absolute Gasteiger partial charge is 0.362 e. The zero-order chi connectivity index (χ0) is 20.4. The van der Waals surface area contributed by atoms with Crippen LogP contribution in [-0.2, 0) is 0 Å². The van der Waals surface area contributed by atoms with Gasteiger partial charge in [-0.3, -0.25) is 10.9 Å². The van der Waals surface area contributed by atoms with E-state index in [1.807, 2.05) is 12.2 Å². The Morgan fingerprint density at radius 1 is 1.04 bits per heavy atom. The first-order valence-corrected chi connectivity index (χ1v) is 8.95. The van der Waals surface area contributed by atoms with Gasteiger partial charge in [0.25, 0.3) is 0 Å². The number of nitrogens with zero attached hydrogens (tertiary/aromatic N) is 2. The molecule has 0 amide bonds. The van der Waals surface area contributed by atoms with Gasteiger partial charge in [0.15, 0.2) is 10.2 Å². The summed E-state index contributed by atoms with van der Waals surface area (Å²) < 4.78 is 36.7. The van der Waals surface area contributed by atoms with Crippen molar-refractivity contribution in [2.45, 2.75) is 24.9 Å². The van der Waals surface area contributed by atoms with Crippen LogP contribution in [0.25, 0.3) is 0 Å². The molecule has 0 radical (unpaired) electrons. The fourth-order valence-electron chi connectivity index (χ4n) is 1.69. The summed E-state index contributed by atoms with van der Waals surface area (Å²) in [5.74, 6) is 0. The molecular formula is C15H19F3N6S3. The third kappa shape index (κ3) is 9.54. The molecule has 0 aromatic heterocycles. The minimum absolute atomic E-state index is 0.264. The van der Waals surface area contributed by atoms with Gasteiger partial charge in [-0.05, 0) is 50.4 Å². The third-order valence-corrected chi connectivity index (χ3v) is 3.63. The van der Waals surface area contributed by atoms with Crippen LogP contribution in [0.5, 0.6) is 0 Å². The third-order valence-electron chi connectivity index (χ3n) is 2.86. The predicted molar refractivity (Wildman–Crippen MR) is 113 cm³/mol. The van der Waals surface area contributed by atoms with E-state index in [0.717, 1.165) is 4.90 Å². The molecule has 0 aliphatic rings. The van der Waals surface area contributed by atoms with Crippen LogP contribution in [-0.4, -0.2) is 40.9 Å². The molecule has 1 rings (SSSR count). The zero-order valence-electron chi connectivity index (χ0n) is 14.5. The molecule has 27 heavy (non-hydrogen) atoms. The van der Waals surface area contributed by atoms with E-state index >= 15 is 0 Å². The van der Waals surface area contributed by atoms with Crippen molar-refractivity contribution in [3.8, 4) is 0 Å². The monoisotopic (exact) mass is 436 g/mol. The number of nitrogens with one attached hydrogen (secondary N) is 4. The quantitative estimate of drug-likeness (QED) is 0.204. The molecule has 6 nitrogen and oxygen atoms in total. The number of rotatable bonds is 6. The van der Waals surface area contributed by atoms with Gasteiger partial charge >= 0.3 is 6.18 Å². The lowest BCUT2D eigenvalue weighted by Gasteiger charge is -2.12. The molecule has 0 atom stereocenters. The minimum Gasteiger partial charge on any atom is -0.362 e. The lowest BCUT2D eigenvalue weighted by Crippen LogP contribution is -2.39. The maximum absolute atomic E-state index is 12.2. The average molecular weight is 437 g/mol. The number of thiol groups is 1. The molecule has 12 heteroatoms. The molecule has 148 valence electrons. The summed E-state index contributed by atoms with van der Waals surface area (Å²) in [6.45, 7) is 2.92. The highest BCUT2D eigenvalue weighted by molar-refractivity contribution is 7.80. The van der Waals surface area contributed by atoms with Gasteiger partial charge in [-0.1, -0.05) is 12.1 Å². The standard InChI is InChI=1S/C15H19F3N6S3/c1-3-19-13(26)23-21-9(2)12(10-4-6-11(25)7-5-10)22-24-14(27)20-8-15(16,17)18/h4-7,25H,3,8H2,1-2H3,(H2,19,23,26)(H2,20,24,27). The van der Waals surface area contributed by atoms with Gasteiger partial charge in [0.1, 0.15) is 12.3 Å². The van der Waals surface area contributed by atoms with Gasteiger partial charge in [-0.15, -0.1) is 12.6 Å². The summed E-state index contributed by atoms with van der Waals surface area (Å²) in [4.78, 5) is 0.745. The van der Waals surface area contributed by atoms with Crippen molar-refractivity contribution in [3.05, 3.63) is 29.8 Å². The molecule has 4 N–H and O–H groups in total. The van der Waals surface area contributed by atoms with Gasteiger partial charge in [0.05, 0.1) is 5.71 Å². The van der Waals surface area contributed by atoms with Gasteiger partial charge in [-0.25, -0.2) is 0 Å². The number of thiocarbonyl (C=S) groups is 2. The SMILES string of the molecule is CCNC(=S)NN=C(C)C(=NNC(=S)NCC(F)(F)F)c1ccc(S)cc1. The van der Waals surface area contributed by atoms with Crippen LogP contribution in [0.2, 0.25) is 0 Å². The molecule has 0 aliphatic carbocycles. The van der Waals surface area contributed by atoms with Gasteiger partial charge in [-0.2, -0.15) is 23.4 Å². The van der Waals surface area contributed by atoms with Crippen LogP contribution in [0, 0.1) is 0 Å². The first kappa shape index (κ1) is 23.1. The Morgan fingerprint density at radius 2 is 1.59 bits per heavy atom. The van der Waals surface area contributed by atoms with Gasteiger partial charge < -0.3 is 10.6 Å². The molecule has 1 aromatic rings. The van der Waals surface area contributed by atoms with Crippen molar-refractivity contribution in [1.29, 1.82) is 0 Å². The lowest BCUT2D eigenvalue weighted by atomic mass is 10.1. The summed E-state index contributed by atoms with van der Waals surface area (Å²) in [5.41, 5.74) is 6.53. The number of hydrogen-bond donors (Lipinski definition) is 5. The maximum atomic E-state index is 12.2. The molecule has 0 spiro atoms. The van der Waals surface area contributed by atoms with E-state index in [1.54, 1.807) is 31.2 Å². The fourth-order valence-corrected chi connectivity index (χ4v) is 2.14. The van der Waals surface area contributed by atoms with E-state index in [4.69, 9.17) is 24.4 Å². The average Bonchev–Trinajstić information content (AvgIpc) is 2.59. The fraction of sp³-hybridized carbons (Fsp3) is 0.333. The van der Waals surface area contributed by atoms with Crippen molar-refractivity contribution >= 4 is 58.7 Å². The Hall–Kier alpha value is -1.92. The lowest BCUT2D eigenvalue weighted by molar-refractivity contribution is -0.122. The highest BCUT2D eigenvalue weighted by Crippen LogP contribution is 2.12. The van der Waals surface area contributed by atoms with E-state index in [0.29, 0.717) is 28.6 Å². The first-order valence-electron chi connectivity index (χ1n) is 7.68. The first-order chi connectivity index (χ1) is 12.6. The van der Waals surface area contributed by atoms with Crippen LogP contribution < -0.4 is 21.5 Å². The zero-order valence-corrected chi connectivity index (χ0v) is 17.0. The van der Waals surface area contributed by atoms with Crippen molar-refractivity contribution in [2.24, 2.45) is 10.2 Å². The largest absolute Gasteiger partial charge is 0.405 e. The number of hydrogen-bond acceptors (Lipinski definition) is 5. The topological polar surface area (TPSA) is 72.8 Å². The molecule has 0 fully saturated rings. The maximum Gasteiger partial charge on any atom is 0.405 e. The summed E-state index contributed by atoms with van der Waals surface area (Å²) in [7, 11) is 0. The summed E-state index contributed by atoms with van der Waals surface area (Å²) >= 11 is 14.1. The van der Waals surface area contributed by atoms with Crippen LogP contribution >= 0.6 is 37.1 Å². The van der Waals surface area contributed by atoms with Crippen molar-refractivity contribution < 1.29 is 13.2 Å². The second kappa shape index (κ2) is 11.0. The van der Waals surface area contributed by atoms with Crippen molar-refractivity contribution in [3.63, 3.8) is 0 Å².